The summed E-state index contributed by atoms with van der Waals surface area (Å²) < 4.78 is 46.5. The third-order valence-corrected chi connectivity index (χ3v) is 6.93. The lowest BCUT2D eigenvalue weighted by atomic mass is 9.99. The number of primary amides is 1. The Hall–Kier alpha value is -3.79. The molecule has 4 rings (SSSR count). The summed E-state index contributed by atoms with van der Waals surface area (Å²) in [5.41, 5.74) is 6.56. The van der Waals surface area contributed by atoms with E-state index < -0.39 is 29.1 Å². The molecule has 0 unspecified atom stereocenters. The predicted molar refractivity (Wildman–Crippen MR) is 143 cm³/mol. The summed E-state index contributed by atoms with van der Waals surface area (Å²) in [5, 5.41) is -0.0998. The fourth-order valence-corrected chi connectivity index (χ4v) is 5.00. The minimum Gasteiger partial charge on any atom is -0.478 e. The standard InChI is InChI=1S/C28H28ClF3N4O3/c1-3-19-16-35(27(38)21-9-8-18(29)15-23(21)28(30,31)32)12-13-36(19)24-10-7-17(14-22(24)25(33)37)20-6-5-11-34-26(20)39-4-2/h5-11,14-15,19H,3-4,12-13,16H2,1-2H3,(H2,33,37)/t19-/m1/s1. The molecule has 1 atom stereocenters. The van der Waals surface area contributed by atoms with E-state index >= 15 is 0 Å². The molecule has 2 amide bonds. The highest BCUT2D eigenvalue weighted by molar-refractivity contribution is 6.30. The summed E-state index contributed by atoms with van der Waals surface area (Å²) in [6.07, 6.45) is -2.53. The number of alkyl halides is 3. The largest absolute Gasteiger partial charge is 0.478 e. The Morgan fingerprint density at radius 3 is 2.54 bits per heavy atom. The maximum absolute atomic E-state index is 13.6. The van der Waals surface area contributed by atoms with Gasteiger partial charge in [0.15, 0.2) is 0 Å². The van der Waals surface area contributed by atoms with Gasteiger partial charge in [0.25, 0.3) is 11.8 Å². The van der Waals surface area contributed by atoms with Crippen molar-refractivity contribution in [3.05, 3.63) is 76.4 Å². The van der Waals surface area contributed by atoms with Crippen LogP contribution in [0.25, 0.3) is 11.1 Å². The van der Waals surface area contributed by atoms with E-state index in [0.29, 0.717) is 42.3 Å². The summed E-state index contributed by atoms with van der Waals surface area (Å²) in [6.45, 7) is 4.82. The van der Waals surface area contributed by atoms with Gasteiger partial charge in [0.1, 0.15) is 0 Å². The van der Waals surface area contributed by atoms with Gasteiger partial charge in [0, 0.05) is 48.1 Å². The molecule has 0 radical (unpaired) electrons. The number of carbonyl (C=O) groups excluding carboxylic acids is 2. The van der Waals surface area contributed by atoms with Crippen LogP contribution in [0, 0.1) is 0 Å². The van der Waals surface area contributed by atoms with E-state index in [9.17, 15) is 22.8 Å². The molecule has 0 saturated carbocycles. The molecule has 2 aromatic carbocycles. The number of benzene rings is 2. The topological polar surface area (TPSA) is 88.8 Å². The summed E-state index contributed by atoms with van der Waals surface area (Å²) in [5.74, 6) is -0.914. The number of nitrogens with two attached hydrogens (primary N) is 1. The number of piperazine rings is 1. The van der Waals surface area contributed by atoms with Gasteiger partial charge in [-0.3, -0.25) is 9.59 Å². The molecule has 1 saturated heterocycles. The molecule has 3 aromatic rings. The first-order valence-corrected chi connectivity index (χ1v) is 12.9. The predicted octanol–water partition coefficient (Wildman–Crippen LogP) is 5.66. The van der Waals surface area contributed by atoms with E-state index in [1.54, 1.807) is 24.4 Å². The molecule has 7 nitrogen and oxygen atoms in total. The first kappa shape index (κ1) is 28.2. The number of nitrogens with zero attached hydrogens (tertiary/aromatic N) is 3. The normalized spacial score (nSPS) is 15.8. The van der Waals surface area contributed by atoms with Crippen LogP contribution in [0.15, 0.2) is 54.7 Å². The summed E-state index contributed by atoms with van der Waals surface area (Å²) in [4.78, 5) is 33.4. The maximum atomic E-state index is 13.6. The molecule has 0 spiro atoms. The van der Waals surface area contributed by atoms with Crippen LogP contribution in [-0.2, 0) is 6.18 Å². The quantitative estimate of drug-likeness (QED) is 0.403. The molecule has 39 heavy (non-hydrogen) atoms. The lowest BCUT2D eigenvalue weighted by Crippen LogP contribution is -2.55. The SMILES string of the molecule is CCOc1ncccc1-c1ccc(N2CCN(C(=O)c3ccc(Cl)cc3C(F)(F)F)C[C@H]2CC)c(C(N)=O)c1. The van der Waals surface area contributed by atoms with E-state index in [-0.39, 0.29) is 29.7 Å². The molecule has 1 aliphatic rings. The van der Waals surface area contributed by atoms with Crippen LogP contribution in [0.1, 0.15) is 46.5 Å². The maximum Gasteiger partial charge on any atom is 0.417 e. The molecule has 206 valence electrons. The van der Waals surface area contributed by atoms with Crippen molar-refractivity contribution in [3.63, 3.8) is 0 Å². The number of hydrogen-bond donors (Lipinski definition) is 1. The monoisotopic (exact) mass is 560 g/mol. The average Bonchev–Trinajstić information content (AvgIpc) is 2.92. The van der Waals surface area contributed by atoms with E-state index in [0.717, 1.165) is 12.1 Å². The van der Waals surface area contributed by atoms with E-state index in [1.165, 1.54) is 11.0 Å². The lowest BCUT2D eigenvalue weighted by Gasteiger charge is -2.43. The van der Waals surface area contributed by atoms with Gasteiger partial charge in [-0.2, -0.15) is 13.2 Å². The van der Waals surface area contributed by atoms with Crippen molar-refractivity contribution >= 4 is 29.1 Å². The number of hydrogen-bond acceptors (Lipinski definition) is 5. The van der Waals surface area contributed by atoms with Crippen molar-refractivity contribution in [1.29, 1.82) is 0 Å². The van der Waals surface area contributed by atoms with Crippen LogP contribution in [0.5, 0.6) is 5.88 Å². The summed E-state index contributed by atoms with van der Waals surface area (Å²) >= 11 is 5.78. The van der Waals surface area contributed by atoms with Crippen molar-refractivity contribution in [1.82, 2.24) is 9.88 Å². The van der Waals surface area contributed by atoms with Gasteiger partial charge < -0.3 is 20.3 Å². The van der Waals surface area contributed by atoms with Crippen molar-refractivity contribution in [3.8, 4) is 17.0 Å². The number of carbonyl (C=O) groups is 2. The van der Waals surface area contributed by atoms with Crippen LogP contribution in [0.3, 0.4) is 0 Å². The Morgan fingerprint density at radius 1 is 1.10 bits per heavy atom. The summed E-state index contributed by atoms with van der Waals surface area (Å²) in [7, 11) is 0. The molecule has 1 aromatic heterocycles. The van der Waals surface area contributed by atoms with Crippen molar-refractivity contribution in [2.75, 3.05) is 31.1 Å². The molecule has 1 aliphatic heterocycles. The van der Waals surface area contributed by atoms with Gasteiger partial charge in [-0.15, -0.1) is 0 Å². The zero-order valence-corrected chi connectivity index (χ0v) is 22.2. The van der Waals surface area contributed by atoms with Gasteiger partial charge in [-0.05, 0) is 61.4 Å². The van der Waals surface area contributed by atoms with Crippen LogP contribution in [0.4, 0.5) is 18.9 Å². The number of anilines is 1. The third kappa shape index (κ3) is 5.95. The minimum absolute atomic E-state index is 0.0998. The highest BCUT2D eigenvalue weighted by Crippen LogP contribution is 2.36. The molecule has 0 bridgehead atoms. The number of halogens is 4. The number of amides is 2. The van der Waals surface area contributed by atoms with Gasteiger partial charge in [-0.25, -0.2) is 4.98 Å². The number of aromatic nitrogens is 1. The molecule has 0 aliphatic carbocycles. The molecule has 2 heterocycles. The Labute approximate surface area is 229 Å². The van der Waals surface area contributed by atoms with Crippen LogP contribution in [-0.4, -0.2) is 54.0 Å². The fraction of sp³-hybridized carbons (Fsp3) is 0.321. The Kier molecular flexibility index (Phi) is 8.34. The summed E-state index contributed by atoms with van der Waals surface area (Å²) in [6, 6.07) is 11.8. The third-order valence-electron chi connectivity index (χ3n) is 6.69. The van der Waals surface area contributed by atoms with Crippen LogP contribution >= 0.6 is 11.6 Å². The average molecular weight is 561 g/mol. The van der Waals surface area contributed by atoms with Gasteiger partial charge in [0.2, 0.25) is 5.88 Å². The molecule has 1 fully saturated rings. The second-order valence-electron chi connectivity index (χ2n) is 9.08. The van der Waals surface area contributed by atoms with Crippen molar-refractivity contribution < 1.29 is 27.5 Å². The molecular formula is C28H28ClF3N4O3. The second-order valence-corrected chi connectivity index (χ2v) is 9.52. The van der Waals surface area contributed by atoms with Gasteiger partial charge in [-0.1, -0.05) is 24.6 Å². The number of rotatable bonds is 7. The molecule has 11 heteroatoms. The highest BCUT2D eigenvalue weighted by Gasteiger charge is 2.38. The second kappa shape index (κ2) is 11.5. The first-order chi connectivity index (χ1) is 18.5. The van der Waals surface area contributed by atoms with Crippen molar-refractivity contribution in [2.45, 2.75) is 32.5 Å². The Bertz CT molecular complexity index is 1380. The van der Waals surface area contributed by atoms with Crippen LogP contribution < -0.4 is 15.4 Å². The fourth-order valence-electron chi connectivity index (χ4n) is 4.83. The molecular weight excluding hydrogens is 533 g/mol. The Balaban J connectivity index is 1.63. The molecule has 2 N–H and O–H groups in total. The van der Waals surface area contributed by atoms with Crippen LogP contribution in [0.2, 0.25) is 5.02 Å². The van der Waals surface area contributed by atoms with Crippen molar-refractivity contribution in [2.24, 2.45) is 5.73 Å². The van der Waals surface area contributed by atoms with Gasteiger partial charge in [0.05, 0.1) is 23.3 Å². The van der Waals surface area contributed by atoms with E-state index in [4.69, 9.17) is 22.1 Å². The zero-order chi connectivity index (χ0) is 28.3. The zero-order valence-electron chi connectivity index (χ0n) is 21.5. The first-order valence-electron chi connectivity index (χ1n) is 12.5. The smallest absolute Gasteiger partial charge is 0.417 e. The Morgan fingerprint density at radius 2 is 1.87 bits per heavy atom. The number of ether oxygens (including phenoxy) is 1. The van der Waals surface area contributed by atoms with Gasteiger partial charge >= 0.3 is 6.18 Å². The lowest BCUT2D eigenvalue weighted by molar-refractivity contribution is -0.138. The van der Waals surface area contributed by atoms with E-state index in [2.05, 4.69) is 4.98 Å². The van der Waals surface area contributed by atoms with E-state index in [1.807, 2.05) is 30.9 Å². The number of pyridine rings is 1. The highest BCUT2D eigenvalue weighted by atomic mass is 35.5. The minimum atomic E-state index is -4.73.